The lowest BCUT2D eigenvalue weighted by atomic mass is 10.1. The zero-order valence-electron chi connectivity index (χ0n) is 12.3. The number of aromatic nitrogens is 3. The maximum atomic E-state index is 5.34. The summed E-state index contributed by atoms with van der Waals surface area (Å²) in [5.74, 6) is 1.36. The van der Waals surface area contributed by atoms with E-state index in [1.807, 2.05) is 0 Å². The van der Waals surface area contributed by atoms with Gasteiger partial charge in [0.25, 0.3) is 0 Å². The number of hydrogen-bond acceptors (Lipinski definition) is 6. The highest BCUT2D eigenvalue weighted by Gasteiger charge is 2.14. The van der Waals surface area contributed by atoms with E-state index < -0.39 is 0 Å². The van der Waals surface area contributed by atoms with Crippen molar-refractivity contribution in [3.05, 3.63) is 35.5 Å². The van der Waals surface area contributed by atoms with Crippen LogP contribution in [0.1, 0.15) is 11.1 Å². The Kier molecular flexibility index (Phi) is 3.96. The molecule has 6 heteroatoms. The molecule has 0 spiro atoms. The molecule has 1 aliphatic rings. The van der Waals surface area contributed by atoms with Crippen LogP contribution in [0.25, 0.3) is 0 Å². The van der Waals surface area contributed by atoms with Gasteiger partial charge < -0.3 is 15.0 Å². The summed E-state index contributed by atoms with van der Waals surface area (Å²) in [5.41, 5.74) is 3.43. The highest BCUT2D eigenvalue weighted by Crippen LogP contribution is 2.21. The molecule has 3 rings (SSSR count). The summed E-state index contributed by atoms with van der Waals surface area (Å²) in [7, 11) is 0. The summed E-state index contributed by atoms with van der Waals surface area (Å²) in [6.07, 6.45) is 1.64. The third-order valence-electron chi connectivity index (χ3n) is 3.50. The van der Waals surface area contributed by atoms with Gasteiger partial charge in [-0.15, -0.1) is 5.10 Å². The van der Waals surface area contributed by atoms with E-state index in [-0.39, 0.29) is 0 Å². The van der Waals surface area contributed by atoms with Crippen molar-refractivity contribution in [3.8, 4) is 0 Å². The molecule has 2 aromatic rings. The third kappa shape index (κ3) is 3.28. The number of nitrogens with zero attached hydrogens (tertiary/aromatic N) is 4. The first-order chi connectivity index (χ1) is 10.2. The first-order valence-electron chi connectivity index (χ1n) is 7.09. The van der Waals surface area contributed by atoms with Crippen molar-refractivity contribution in [1.29, 1.82) is 0 Å². The van der Waals surface area contributed by atoms with Gasteiger partial charge in [0.1, 0.15) is 0 Å². The maximum absolute atomic E-state index is 5.34. The number of ether oxygens (including phenoxy) is 1. The number of rotatable bonds is 3. The Morgan fingerprint density at radius 2 is 2.00 bits per heavy atom. The van der Waals surface area contributed by atoms with Crippen LogP contribution in [0.4, 0.5) is 17.5 Å². The van der Waals surface area contributed by atoms with Crippen molar-refractivity contribution in [2.24, 2.45) is 0 Å². The van der Waals surface area contributed by atoms with Crippen molar-refractivity contribution < 1.29 is 4.74 Å². The molecule has 0 saturated carbocycles. The Labute approximate surface area is 124 Å². The van der Waals surface area contributed by atoms with Crippen molar-refractivity contribution >= 4 is 17.5 Å². The molecule has 1 aromatic carbocycles. The van der Waals surface area contributed by atoms with E-state index in [1.165, 1.54) is 11.1 Å². The monoisotopic (exact) mass is 285 g/mol. The number of nitrogens with one attached hydrogen (secondary N) is 1. The maximum Gasteiger partial charge on any atom is 0.247 e. The molecule has 110 valence electrons. The molecular weight excluding hydrogens is 266 g/mol. The first-order valence-corrected chi connectivity index (χ1v) is 7.09. The molecule has 0 radical (unpaired) electrons. The Morgan fingerprint density at radius 3 is 2.81 bits per heavy atom. The average molecular weight is 285 g/mol. The van der Waals surface area contributed by atoms with Crippen LogP contribution in [-0.2, 0) is 4.74 Å². The molecular formula is C15H19N5O. The quantitative estimate of drug-likeness (QED) is 0.931. The Morgan fingerprint density at radius 1 is 1.19 bits per heavy atom. The predicted molar refractivity (Wildman–Crippen MR) is 82.1 cm³/mol. The molecule has 21 heavy (non-hydrogen) atoms. The minimum absolute atomic E-state index is 0.647. The van der Waals surface area contributed by atoms with Crippen LogP contribution in [0, 0.1) is 13.8 Å². The second kappa shape index (κ2) is 6.05. The number of hydrogen-bond donors (Lipinski definition) is 1. The number of anilines is 3. The minimum atomic E-state index is 0.647. The summed E-state index contributed by atoms with van der Waals surface area (Å²) in [6, 6.07) is 6.29. The molecule has 0 amide bonds. The largest absolute Gasteiger partial charge is 0.378 e. The van der Waals surface area contributed by atoms with Crippen LogP contribution in [-0.4, -0.2) is 41.5 Å². The molecule has 1 fully saturated rings. The van der Waals surface area contributed by atoms with Gasteiger partial charge in [-0.1, -0.05) is 12.1 Å². The van der Waals surface area contributed by atoms with E-state index >= 15 is 0 Å². The van der Waals surface area contributed by atoms with Gasteiger partial charge in [0.05, 0.1) is 19.4 Å². The summed E-state index contributed by atoms with van der Waals surface area (Å²) in [5, 5.41) is 11.5. The predicted octanol–water partition coefficient (Wildman–Crippen LogP) is 2.07. The fourth-order valence-electron chi connectivity index (χ4n) is 2.26. The van der Waals surface area contributed by atoms with Gasteiger partial charge in [-0.3, -0.25) is 0 Å². The molecule has 0 bridgehead atoms. The zero-order chi connectivity index (χ0) is 14.7. The molecule has 6 nitrogen and oxygen atoms in total. The Bertz CT molecular complexity index is 625. The van der Waals surface area contributed by atoms with Gasteiger partial charge in [0.2, 0.25) is 5.95 Å². The van der Waals surface area contributed by atoms with Gasteiger partial charge in [-0.2, -0.15) is 10.1 Å². The van der Waals surface area contributed by atoms with Gasteiger partial charge in [-0.05, 0) is 31.0 Å². The molecule has 1 aliphatic heterocycles. The van der Waals surface area contributed by atoms with E-state index in [0.29, 0.717) is 25.0 Å². The van der Waals surface area contributed by atoms with Crippen LogP contribution < -0.4 is 10.2 Å². The topological polar surface area (TPSA) is 63.2 Å². The molecule has 0 atom stereocenters. The van der Waals surface area contributed by atoms with Crippen molar-refractivity contribution in [2.75, 3.05) is 36.5 Å². The van der Waals surface area contributed by atoms with E-state index in [0.717, 1.165) is 18.8 Å². The molecule has 0 aliphatic carbocycles. The summed E-state index contributed by atoms with van der Waals surface area (Å²) < 4.78 is 5.34. The molecule has 0 unspecified atom stereocenters. The van der Waals surface area contributed by atoms with E-state index in [1.54, 1.807) is 6.20 Å². The van der Waals surface area contributed by atoms with Crippen molar-refractivity contribution in [1.82, 2.24) is 15.2 Å². The van der Waals surface area contributed by atoms with Gasteiger partial charge in [-0.25, -0.2) is 0 Å². The van der Waals surface area contributed by atoms with Gasteiger partial charge in [0, 0.05) is 18.8 Å². The highest BCUT2D eigenvalue weighted by molar-refractivity contribution is 5.61. The lowest BCUT2D eigenvalue weighted by Gasteiger charge is -2.26. The van der Waals surface area contributed by atoms with Crippen LogP contribution in [0.2, 0.25) is 0 Å². The summed E-state index contributed by atoms with van der Waals surface area (Å²) in [6.45, 7) is 7.15. The van der Waals surface area contributed by atoms with Crippen LogP contribution in [0.5, 0.6) is 0 Å². The normalized spacial score (nSPS) is 15.0. The van der Waals surface area contributed by atoms with Crippen LogP contribution in [0.3, 0.4) is 0 Å². The Hall–Kier alpha value is -2.21. The zero-order valence-corrected chi connectivity index (χ0v) is 12.3. The highest BCUT2D eigenvalue weighted by atomic mass is 16.5. The SMILES string of the molecule is Cc1ccc(C)c(Nc2cnnc(N3CCOCC3)n2)c1. The van der Waals surface area contributed by atoms with E-state index in [4.69, 9.17) is 4.74 Å². The molecule has 1 saturated heterocycles. The smallest absolute Gasteiger partial charge is 0.247 e. The third-order valence-corrected chi connectivity index (χ3v) is 3.50. The van der Waals surface area contributed by atoms with Gasteiger partial charge in [0.15, 0.2) is 5.82 Å². The average Bonchev–Trinajstić information content (AvgIpc) is 2.52. The fraction of sp³-hybridized carbons (Fsp3) is 0.400. The first kappa shape index (κ1) is 13.8. The lowest BCUT2D eigenvalue weighted by Crippen LogP contribution is -2.37. The molecule has 1 N–H and O–H groups in total. The fourth-order valence-corrected chi connectivity index (χ4v) is 2.26. The molecule has 1 aromatic heterocycles. The van der Waals surface area contributed by atoms with Crippen LogP contribution >= 0.6 is 0 Å². The number of morpholine rings is 1. The summed E-state index contributed by atoms with van der Waals surface area (Å²) in [4.78, 5) is 6.64. The molecule has 2 heterocycles. The van der Waals surface area contributed by atoms with E-state index in [9.17, 15) is 0 Å². The van der Waals surface area contributed by atoms with Crippen molar-refractivity contribution in [2.45, 2.75) is 13.8 Å². The summed E-state index contributed by atoms with van der Waals surface area (Å²) >= 11 is 0. The Balaban J connectivity index is 1.81. The van der Waals surface area contributed by atoms with Crippen LogP contribution in [0.15, 0.2) is 24.4 Å². The van der Waals surface area contributed by atoms with Crippen molar-refractivity contribution in [3.63, 3.8) is 0 Å². The second-order valence-corrected chi connectivity index (χ2v) is 5.18. The minimum Gasteiger partial charge on any atom is -0.378 e. The number of benzene rings is 1. The lowest BCUT2D eigenvalue weighted by molar-refractivity contribution is 0.122. The number of aryl methyl sites for hydroxylation is 2. The standard InChI is InChI=1S/C15H19N5O/c1-11-3-4-12(2)13(9-11)17-14-10-16-19-15(18-14)20-5-7-21-8-6-20/h3-4,9-10H,5-8H2,1-2H3,(H,17,18,19). The second-order valence-electron chi connectivity index (χ2n) is 5.18. The van der Waals surface area contributed by atoms with Gasteiger partial charge >= 0.3 is 0 Å². The van der Waals surface area contributed by atoms with E-state index in [2.05, 4.69) is 57.4 Å².